The van der Waals surface area contributed by atoms with Crippen LogP contribution in [0.15, 0.2) is 76.7 Å². The number of nitrogens with one attached hydrogen (secondary N) is 1. The fourth-order valence-corrected chi connectivity index (χ4v) is 8.73. The molecule has 3 heterocycles. The Balaban J connectivity index is 1.32. The van der Waals surface area contributed by atoms with Gasteiger partial charge in [0, 0.05) is 40.7 Å². The van der Waals surface area contributed by atoms with Gasteiger partial charge in [-0.05, 0) is 73.1 Å². The second-order valence-corrected chi connectivity index (χ2v) is 11.4. The van der Waals surface area contributed by atoms with E-state index in [-0.39, 0.29) is 0 Å². The predicted molar refractivity (Wildman–Crippen MR) is 141 cm³/mol. The molecule has 4 heteroatoms. The third-order valence-electron chi connectivity index (χ3n) is 8.39. The van der Waals surface area contributed by atoms with Crippen LogP contribution in [0.1, 0.15) is 55.6 Å². The smallest absolute Gasteiger partial charge is 0.0969 e. The molecule has 0 radical (unpaired) electrons. The number of allylic oxidation sites excluding steroid dienone is 3. The first kappa shape index (κ1) is 20.5. The zero-order chi connectivity index (χ0) is 22.6. The molecule has 2 aromatic carbocycles. The molecule has 1 N–H and O–H groups in total. The lowest BCUT2D eigenvalue weighted by molar-refractivity contribution is 0.486. The molecule has 0 amide bonds. The third kappa shape index (κ3) is 3.03. The Morgan fingerprint density at radius 1 is 1.06 bits per heavy atom. The monoisotopic (exact) mass is 463 g/mol. The number of thioether (sulfide) groups is 1. The largest absolute Gasteiger partial charge is 0.384 e. The minimum atomic E-state index is 0.465. The Kier molecular flexibility index (Phi) is 4.88. The van der Waals surface area contributed by atoms with Crippen molar-refractivity contribution in [1.29, 1.82) is 5.26 Å². The summed E-state index contributed by atoms with van der Waals surface area (Å²) < 4.78 is 0. The Morgan fingerprint density at radius 2 is 2.00 bits per heavy atom. The van der Waals surface area contributed by atoms with Gasteiger partial charge in [0.25, 0.3) is 0 Å². The van der Waals surface area contributed by atoms with Crippen molar-refractivity contribution in [2.75, 3.05) is 11.4 Å². The molecule has 3 aliphatic heterocycles. The molecule has 0 spiro atoms. The SMILES string of the molecule is N#CC1=C(c2cccc(N3c4ccccc4C4C5=C(CCC43)C3CCC=CC3S5)c2)NCCC1. The van der Waals surface area contributed by atoms with Gasteiger partial charge in [0.2, 0.25) is 0 Å². The normalized spacial score (nSPS) is 29.2. The zero-order valence-electron chi connectivity index (χ0n) is 19.3. The molecule has 0 saturated heterocycles. The number of fused-ring (bicyclic) bond motifs is 6. The molecule has 2 aliphatic carbocycles. The highest BCUT2D eigenvalue weighted by atomic mass is 32.2. The molecule has 2 aromatic rings. The van der Waals surface area contributed by atoms with E-state index in [1.165, 1.54) is 42.6 Å². The lowest BCUT2D eigenvalue weighted by Gasteiger charge is -2.35. The van der Waals surface area contributed by atoms with E-state index < -0.39 is 0 Å². The van der Waals surface area contributed by atoms with Crippen molar-refractivity contribution in [3.63, 3.8) is 0 Å². The summed E-state index contributed by atoms with van der Waals surface area (Å²) in [6.45, 7) is 0.937. The molecule has 34 heavy (non-hydrogen) atoms. The number of anilines is 2. The van der Waals surface area contributed by atoms with Gasteiger partial charge in [-0.3, -0.25) is 0 Å². The minimum absolute atomic E-state index is 0.465. The molecule has 0 fully saturated rings. The highest BCUT2D eigenvalue weighted by molar-refractivity contribution is 8.04. The summed E-state index contributed by atoms with van der Waals surface area (Å²) in [5.41, 5.74) is 8.91. The Bertz CT molecular complexity index is 1300. The Hall–Kier alpha value is -2.90. The molecule has 170 valence electrons. The van der Waals surface area contributed by atoms with Crippen LogP contribution in [0, 0.1) is 17.2 Å². The van der Waals surface area contributed by atoms with Crippen LogP contribution in [0.2, 0.25) is 0 Å². The molecule has 3 nitrogen and oxygen atoms in total. The Labute approximate surface area is 206 Å². The van der Waals surface area contributed by atoms with Gasteiger partial charge in [-0.1, -0.05) is 48.1 Å². The molecule has 0 aromatic heterocycles. The van der Waals surface area contributed by atoms with Crippen LogP contribution in [0.4, 0.5) is 11.4 Å². The van der Waals surface area contributed by atoms with Gasteiger partial charge >= 0.3 is 0 Å². The van der Waals surface area contributed by atoms with Crippen LogP contribution in [-0.2, 0) is 0 Å². The maximum Gasteiger partial charge on any atom is 0.0969 e. The molecule has 4 atom stereocenters. The van der Waals surface area contributed by atoms with E-state index in [2.05, 4.69) is 88.7 Å². The van der Waals surface area contributed by atoms with Crippen molar-refractivity contribution < 1.29 is 0 Å². The molecular formula is C30H29N3S. The van der Waals surface area contributed by atoms with E-state index in [0.717, 1.165) is 42.1 Å². The van der Waals surface area contributed by atoms with E-state index in [9.17, 15) is 5.26 Å². The molecule has 0 bridgehead atoms. The molecular weight excluding hydrogens is 434 g/mol. The maximum atomic E-state index is 9.69. The van der Waals surface area contributed by atoms with E-state index in [1.807, 2.05) is 0 Å². The Morgan fingerprint density at radius 3 is 2.94 bits per heavy atom. The average Bonchev–Trinajstić information content (AvgIpc) is 3.44. The highest BCUT2D eigenvalue weighted by Crippen LogP contribution is 2.61. The van der Waals surface area contributed by atoms with Crippen molar-refractivity contribution >= 4 is 28.8 Å². The van der Waals surface area contributed by atoms with Crippen molar-refractivity contribution in [2.45, 2.75) is 55.7 Å². The zero-order valence-corrected chi connectivity index (χ0v) is 20.2. The lowest BCUT2D eigenvalue weighted by Crippen LogP contribution is -2.33. The highest BCUT2D eigenvalue weighted by Gasteiger charge is 2.49. The fourth-order valence-electron chi connectivity index (χ4n) is 6.95. The van der Waals surface area contributed by atoms with Crippen LogP contribution in [-0.4, -0.2) is 17.8 Å². The van der Waals surface area contributed by atoms with Crippen molar-refractivity contribution in [3.8, 4) is 6.07 Å². The van der Waals surface area contributed by atoms with Gasteiger partial charge in [0.1, 0.15) is 0 Å². The van der Waals surface area contributed by atoms with E-state index in [0.29, 0.717) is 17.2 Å². The number of benzene rings is 2. The topological polar surface area (TPSA) is 39.1 Å². The van der Waals surface area contributed by atoms with Crippen molar-refractivity contribution in [1.82, 2.24) is 5.32 Å². The fraction of sp³-hybridized carbons (Fsp3) is 0.367. The third-order valence-corrected chi connectivity index (χ3v) is 9.92. The molecule has 7 rings (SSSR count). The van der Waals surface area contributed by atoms with Gasteiger partial charge in [-0.2, -0.15) is 5.26 Å². The number of hydrogen-bond donors (Lipinski definition) is 1. The lowest BCUT2D eigenvalue weighted by atomic mass is 9.76. The van der Waals surface area contributed by atoms with E-state index in [1.54, 1.807) is 10.5 Å². The molecule has 5 aliphatic rings. The number of para-hydroxylation sites is 1. The quantitative estimate of drug-likeness (QED) is 0.485. The molecule has 4 unspecified atom stereocenters. The summed E-state index contributed by atoms with van der Waals surface area (Å²) in [4.78, 5) is 4.29. The first-order valence-corrected chi connectivity index (χ1v) is 13.6. The van der Waals surface area contributed by atoms with Gasteiger partial charge in [0.15, 0.2) is 0 Å². The summed E-state index contributed by atoms with van der Waals surface area (Å²) in [5.74, 6) is 1.23. The summed E-state index contributed by atoms with van der Waals surface area (Å²) in [7, 11) is 0. The second kappa shape index (κ2) is 8.10. The molecule has 0 saturated carbocycles. The van der Waals surface area contributed by atoms with Crippen molar-refractivity contribution in [3.05, 3.63) is 87.9 Å². The summed E-state index contributed by atoms with van der Waals surface area (Å²) in [5, 5.41) is 13.9. The van der Waals surface area contributed by atoms with Gasteiger partial charge in [-0.15, -0.1) is 11.8 Å². The van der Waals surface area contributed by atoms with Crippen LogP contribution in [0.25, 0.3) is 5.70 Å². The van der Waals surface area contributed by atoms with E-state index >= 15 is 0 Å². The first-order valence-electron chi connectivity index (χ1n) is 12.8. The standard InChI is InChI=1S/C30H29N3S/c31-18-20-8-6-16-32-29(20)19-7-5-9-21(17-19)33-25-12-3-1-11-24(25)28-26(33)15-14-23-22-10-2-4-13-27(22)34-30(23)28/h1,3-5,7,9,11-13,17,22,26-28,32H,2,6,8,10,14-16H2. The number of nitriles is 1. The van der Waals surface area contributed by atoms with Crippen LogP contribution in [0.3, 0.4) is 0 Å². The number of nitrogens with zero attached hydrogens (tertiary/aromatic N) is 2. The maximum absolute atomic E-state index is 9.69. The van der Waals surface area contributed by atoms with Crippen molar-refractivity contribution in [2.24, 2.45) is 5.92 Å². The van der Waals surface area contributed by atoms with E-state index in [4.69, 9.17) is 0 Å². The predicted octanol–water partition coefficient (Wildman–Crippen LogP) is 7.04. The van der Waals surface area contributed by atoms with Crippen LogP contribution in [0.5, 0.6) is 0 Å². The second-order valence-electron chi connectivity index (χ2n) is 10.1. The summed E-state index contributed by atoms with van der Waals surface area (Å²) >= 11 is 2.16. The average molecular weight is 464 g/mol. The van der Waals surface area contributed by atoms with Gasteiger partial charge < -0.3 is 10.2 Å². The summed E-state index contributed by atoms with van der Waals surface area (Å²) in [6, 6.07) is 20.9. The summed E-state index contributed by atoms with van der Waals surface area (Å²) in [6.07, 6.45) is 11.8. The van der Waals surface area contributed by atoms with Crippen LogP contribution >= 0.6 is 11.8 Å². The van der Waals surface area contributed by atoms with Gasteiger partial charge in [-0.25, -0.2) is 0 Å². The number of rotatable bonds is 2. The number of hydrogen-bond acceptors (Lipinski definition) is 4. The van der Waals surface area contributed by atoms with Gasteiger partial charge in [0.05, 0.1) is 17.3 Å². The minimum Gasteiger partial charge on any atom is -0.384 e. The van der Waals surface area contributed by atoms with Crippen LogP contribution < -0.4 is 10.2 Å². The first-order chi connectivity index (χ1) is 16.8.